The Bertz CT molecular complexity index is 738. The van der Waals surface area contributed by atoms with E-state index >= 15 is 0 Å². The number of hydrogen-bond acceptors (Lipinski definition) is 4. The highest BCUT2D eigenvalue weighted by molar-refractivity contribution is 5.78. The van der Waals surface area contributed by atoms with Gasteiger partial charge in [-0.2, -0.15) is 4.98 Å². The van der Waals surface area contributed by atoms with E-state index in [2.05, 4.69) is 9.97 Å². The number of carbonyl (C=O) groups is 1. The van der Waals surface area contributed by atoms with Crippen LogP contribution in [0, 0.1) is 19.7 Å². The third kappa shape index (κ3) is 4.53. The van der Waals surface area contributed by atoms with Crippen LogP contribution >= 0.6 is 0 Å². The molecule has 0 saturated carbocycles. The number of amides is 1. The topological polar surface area (TPSA) is 55.3 Å². The second-order valence-corrected chi connectivity index (χ2v) is 6.36. The summed E-state index contributed by atoms with van der Waals surface area (Å²) < 4.78 is 19.6. The highest BCUT2D eigenvalue weighted by Gasteiger charge is 2.24. The van der Waals surface area contributed by atoms with Crippen LogP contribution in [0.3, 0.4) is 0 Å². The van der Waals surface area contributed by atoms with Crippen LogP contribution in [0.5, 0.6) is 5.88 Å². The molecule has 2 aromatic rings. The van der Waals surface area contributed by atoms with E-state index < -0.39 is 0 Å². The molecule has 0 aliphatic carbocycles. The van der Waals surface area contributed by atoms with Gasteiger partial charge in [-0.15, -0.1) is 0 Å². The number of nitrogens with zero attached hydrogens (tertiary/aromatic N) is 3. The lowest BCUT2D eigenvalue weighted by molar-refractivity contribution is -0.132. The highest BCUT2D eigenvalue weighted by Crippen LogP contribution is 2.19. The predicted octanol–water partition coefficient (Wildman–Crippen LogP) is 2.85. The van der Waals surface area contributed by atoms with Crippen LogP contribution in [0.4, 0.5) is 4.39 Å². The molecule has 2 heterocycles. The smallest absolute Gasteiger partial charge is 0.227 e. The number of carbonyl (C=O) groups excluding carboxylic acids is 1. The lowest BCUT2D eigenvalue weighted by Crippen LogP contribution is -2.42. The molecule has 1 amide bonds. The molecule has 6 heteroatoms. The van der Waals surface area contributed by atoms with E-state index in [0.717, 1.165) is 18.5 Å². The minimum absolute atomic E-state index is 0.0335. The summed E-state index contributed by atoms with van der Waals surface area (Å²) >= 11 is 0. The summed E-state index contributed by atoms with van der Waals surface area (Å²) in [6.07, 6.45) is 1.62. The molecular weight excluding hydrogens is 321 g/mol. The second kappa shape index (κ2) is 7.59. The van der Waals surface area contributed by atoms with Crippen LogP contribution in [0.15, 0.2) is 30.3 Å². The molecule has 0 N–H and O–H groups in total. The van der Waals surface area contributed by atoms with Crippen LogP contribution in [-0.4, -0.2) is 40.0 Å². The Hall–Kier alpha value is -2.50. The molecule has 0 spiro atoms. The molecule has 0 radical (unpaired) electrons. The van der Waals surface area contributed by atoms with Crippen molar-refractivity contribution in [1.29, 1.82) is 0 Å². The van der Waals surface area contributed by atoms with Crippen molar-refractivity contribution in [3.05, 3.63) is 53.2 Å². The molecule has 132 valence electrons. The van der Waals surface area contributed by atoms with Gasteiger partial charge in [0.05, 0.1) is 6.42 Å². The molecule has 1 aliphatic heterocycles. The lowest BCUT2D eigenvalue weighted by Gasteiger charge is -2.32. The van der Waals surface area contributed by atoms with Crippen LogP contribution < -0.4 is 4.74 Å². The summed E-state index contributed by atoms with van der Waals surface area (Å²) in [5, 5.41) is 0. The van der Waals surface area contributed by atoms with Crippen molar-refractivity contribution in [3.8, 4) is 5.88 Å². The Balaban J connectivity index is 1.53. The fourth-order valence-electron chi connectivity index (χ4n) is 3.05. The molecule has 3 rings (SSSR count). The SMILES string of the molecule is Cc1cc(OC2CCN(C(=O)Cc3ccccc3F)CC2)nc(C)n1. The van der Waals surface area contributed by atoms with Crippen molar-refractivity contribution in [3.63, 3.8) is 0 Å². The second-order valence-electron chi connectivity index (χ2n) is 6.36. The van der Waals surface area contributed by atoms with Gasteiger partial charge in [-0.1, -0.05) is 18.2 Å². The van der Waals surface area contributed by atoms with Gasteiger partial charge in [0.2, 0.25) is 11.8 Å². The van der Waals surface area contributed by atoms with E-state index in [-0.39, 0.29) is 24.2 Å². The Morgan fingerprint density at radius 1 is 1.24 bits per heavy atom. The first-order valence-electron chi connectivity index (χ1n) is 8.51. The minimum atomic E-state index is -0.330. The molecule has 0 unspecified atom stereocenters. The molecule has 0 bridgehead atoms. The van der Waals surface area contributed by atoms with Gasteiger partial charge in [0, 0.05) is 37.7 Å². The van der Waals surface area contributed by atoms with Gasteiger partial charge in [0.25, 0.3) is 0 Å². The van der Waals surface area contributed by atoms with E-state index in [1.54, 1.807) is 23.1 Å². The molecule has 1 saturated heterocycles. The zero-order valence-corrected chi connectivity index (χ0v) is 14.5. The Morgan fingerprint density at radius 2 is 1.96 bits per heavy atom. The van der Waals surface area contributed by atoms with Gasteiger partial charge in [-0.3, -0.25) is 4.79 Å². The first-order chi connectivity index (χ1) is 12.0. The third-order valence-electron chi connectivity index (χ3n) is 4.32. The normalized spacial score (nSPS) is 15.2. The largest absolute Gasteiger partial charge is 0.474 e. The summed E-state index contributed by atoms with van der Waals surface area (Å²) in [6, 6.07) is 8.24. The summed E-state index contributed by atoms with van der Waals surface area (Å²) in [5.41, 5.74) is 1.32. The van der Waals surface area contributed by atoms with Crippen molar-refractivity contribution >= 4 is 5.91 Å². The maximum Gasteiger partial charge on any atom is 0.227 e. The number of benzene rings is 1. The number of likely N-dealkylation sites (tertiary alicyclic amines) is 1. The molecule has 0 atom stereocenters. The number of rotatable bonds is 4. The molecule has 5 nitrogen and oxygen atoms in total. The maximum absolute atomic E-state index is 13.7. The van der Waals surface area contributed by atoms with Crippen LogP contribution in [0.2, 0.25) is 0 Å². The summed E-state index contributed by atoms with van der Waals surface area (Å²) in [5.74, 6) is 0.898. The van der Waals surface area contributed by atoms with Crippen molar-refractivity contribution < 1.29 is 13.9 Å². The van der Waals surface area contributed by atoms with Crippen LogP contribution in [0.1, 0.15) is 29.9 Å². The molecule has 1 aromatic carbocycles. The maximum atomic E-state index is 13.7. The number of piperidine rings is 1. The molecule has 25 heavy (non-hydrogen) atoms. The fourth-order valence-corrected chi connectivity index (χ4v) is 3.05. The summed E-state index contributed by atoms with van der Waals surface area (Å²) in [6.45, 7) is 4.97. The quantitative estimate of drug-likeness (QED) is 0.857. The summed E-state index contributed by atoms with van der Waals surface area (Å²) in [7, 11) is 0. The van der Waals surface area contributed by atoms with Gasteiger partial charge in [-0.25, -0.2) is 9.37 Å². The van der Waals surface area contributed by atoms with Crippen molar-refractivity contribution in [1.82, 2.24) is 14.9 Å². The predicted molar refractivity (Wildman–Crippen MR) is 91.8 cm³/mol. The third-order valence-corrected chi connectivity index (χ3v) is 4.32. The van der Waals surface area contributed by atoms with E-state index in [1.165, 1.54) is 6.07 Å². The first kappa shape index (κ1) is 17.3. The van der Waals surface area contributed by atoms with Crippen LogP contribution in [0.25, 0.3) is 0 Å². The van der Waals surface area contributed by atoms with Gasteiger partial charge in [0.1, 0.15) is 17.7 Å². The number of hydrogen-bond donors (Lipinski definition) is 0. The Labute approximate surface area is 146 Å². The number of ether oxygens (including phenoxy) is 1. The molecule has 1 aromatic heterocycles. The van der Waals surface area contributed by atoms with E-state index in [1.807, 2.05) is 19.9 Å². The molecule has 1 fully saturated rings. The average molecular weight is 343 g/mol. The zero-order valence-electron chi connectivity index (χ0n) is 14.5. The zero-order chi connectivity index (χ0) is 17.8. The Morgan fingerprint density at radius 3 is 2.64 bits per heavy atom. The first-order valence-corrected chi connectivity index (χ1v) is 8.51. The Kier molecular flexibility index (Phi) is 5.26. The molecular formula is C19H22FN3O2. The average Bonchev–Trinajstić information content (AvgIpc) is 2.56. The molecule has 1 aliphatic rings. The minimum Gasteiger partial charge on any atom is -0.474 e. The van der Waals surface area contributed by atoms with Gasteiger partial charge in [-0.05, 0) is 25.5 Å². The standard InChI is InChI=1S/C19H22FN3O2/c1-13-11-18(22-14(2)21-13)25-16-7-9-23(10-8-16)19(24)12-15-5-3-4-6-17(15)20/h3-6,11,16H,7-10,12H2,1-2H3. The van der Waals surface area contributed by atoms with Crippen molar-refractivity contribution in [2.45, 2.75) is 39.2 Å². The number of halogens is 1. The van der Waals surface area contributed by atoms with Crippen LogP contribution in [-0.2, 0) is 11.2 Å². The summed E-state index contributed by atoms with van der Waals surface area (Å²) in [4.78, 5) is 22.7. The lowest BCUT2D eigenvalue weighted by atomic mass is 10.1. The van der Waals surface area contributed by atoms with E-state index in [4.69, 9.17) is 4.74 Å². The van der Waals surface area contributed by atoms with E-state index in [9.17, 15) is 9.18 Å². The van der Waals surface area contributed by atoms with Gasteiger partial charge < -0.3 is 9.64 Å². The van der Waals surface area contributed by atoms with E-state index in [0.29, 0.717) is 30.4 Å². The number of aryl methyl sites for hydroxylation is 2. The van der Waals surface area contributed by atoms with Gasteiger partial charge in [0.15, 0.2) is 0 Å². The highest BCUT2D eigenvalue weighted by atomic mass is 19.1. The fraction of sp³-hybridized carbons (Fsp3) is 0.421. The van der Waals surface area contributed by atoms with Gasteiger partial charge >= 0.3 is 0 Å². The van der Waals surface area contributed by atoms with Crippen molar-refractivity contribution in [2.75, 3.05) is 13.1 Å². The van der Waals surface area contributed by atoms with Crippen molar-refractivity contribution in [2.24, 2.45) is 0 Å². The number of aromatic nitrogens is 2. The monoisotopic (exact) mass is 343 g/mol.